The smallest absolute Gasteiger partial charge is 0.319 e. The summed E-state index contributed by atoms with van der Waals surface area (Å²) in [5, 5.41) is 5.70. The fraction of sp³-hybridized carbons (Fsp3) is 0.636. The van der Waals surface area contributed by atoms with Crippen molar-refractivity contribution in [3.8, 4) is 0 Å². The third kappa shape index (κ3) is 3.07. The lowest BCUT2D eigenvalue weighted by Crippen LogP contribution is -2.57. The van der Waals surface area contributed by atoms with Crippen LogP contribution in [-0.2, 0) is 11.3 Å². The van der Waals surface area contributed by atoms with Crippen LogP contribution in [-0.4, -0.2) is 53.1 Å². The van der Waals surface area contributed by atoms with Gasteiger partial charge in [0.15, 0.2) is 0 Å². The Labute approximate surface area is 109 Å². The van der Waals surface area contributed by atoms with Gasteiger partial charge in [0, 0.05) is 39.1 Å². The van der Waals surface area contributed by atoms with Gasteiger partial charge in [-0.25, -0.2) is 4.98 Å². The first-order chi connectivity index (χ1) is 9.13. The lowest BCUT2D eigenvalue weighted by atomic mass is 10.1. The number of halogens is 2. The third-order valence-corrected chi connectivity index (χ3v) is 3.21. The molecule has 0 spiro atoms. The summed E-state index contributed by atoms with van der Waals surface area (Å²) in [6.45, 7) is -0.526. The van der Waals surface area contributed by atoms with Gasteiger partial charge in [-0.05, 0) is 0 Å². The van der Waals surface area contributed by atoms with Gasteiger partial charge < -0.3 is 10.6 Å². The first-order valence-corrected chi connectivity index (χ1v) is 6.09. The summed E-state index contributed by atoms with van der Waals surface area (Å²) in [6.07, 6.45) is 2.59. The second-order valence-electron chi connectivity index (χ2n) is 4.33. The number of hydrogen-bond donors (Lipinski definition) is 2. The number of amides is 1. The molecule has 1 unspecified atom stereocenters. The van der Waals surface area contributed by atoms with Gasteiger partial charge in [-0.3, -0.25) is 14.3 Å². The van der Waals surface area contributed by atoms with E-state index in [9.17, 15) is 13.6 Å². The number of piperazine rings is 1. The van der Waals surface area contributed by atoms with Crippen molar-refractivity contribution in [2.75, 3.05) is 26.7 Å². The predicted octanol–water partition coefficient (Wildman–Crippen LogP) is -0.202. The van der Waals surface area contributed by atoms with Crippen molar-refractivity contribution < 1.29 is 13.6 Å². The van der Waals surface area contributed by atoms with Gasteiger partial charge in [-0.1, -0.05) is 0 Å². The van der Waals surface area contributed by atoms with Crippen LogP contribution in [0.5, 0.6) is 0 Å². The Morgan fingerprint density at radius 2 is 2.47 bits per heavy atom. The normalized spacial score (nSPS) is 20.7. The zero-order valence-electron chi connectivity index (χ0n) is 10.6. The van der Waals surface area contributed by atoms with E-state index in [4.69, 9.17) is 0 Å². The Morgan fingerprint density at radius 3 is 3.16 bits per heavy atom. The number of aromatic nitrogens is 2. The number of hydrogen-bond acceptors (Lipinski definition) is 4. The number of carbonyl (C=O) groups excluding carboxylic acids is 1. The molecule has 0 radical (unpaired) electrons. The number of nitrogens with one attached hydrogen (secondary N) is 2. The summed E-state index contributed by atoms with van der Waals surface area (Å²) in [5.74, 6) is 0.146. The molecule has 1 aliphatic heterocycles. The van der Waals surface area contributed by atoms with Gasteiger partial charge in [0.1, 0.15) is 11.9 Å². The van der Waals surface area contributed by atoms with Crippen molar-refractivity contribution in [2.45, 2.75) is 19.1 Å². The number of nitrogens with zero attached hydrogens (tertiary/aromatic N) is 3. The summed E-state index contributed by atoms with van der Waals surface area (Å²) < 4.78 is 26.3. The largest absolute Gasteiger partial charge is 0.358 e. The molecular weight excluding hydrogens is 256 g/mol. The molecule has 1 fully saturated rings. The predicted molar refractivity (Wildman–Crippen MR) is 64.6 cm³/mol. The number of alkyl halides is 2. The summed E-state index contributed by atoms with van der Waals surface area (Å²) in [7, 11) is 1.56. The maximum Gasteiger partial charge on any atom is 0.319 e. The highest BCUT2D eigenvalue weighted by Crippen LogP contribution is 2.15. The van der Waals surface area contributed by atoms with Crippen LogP contribution >= 0.6 is 0 Å². The van der Waals surface area contributed by atoms with Crippen molar-refractivity contribution in [1.82, 2.24) is 25.1 Å². The molecule has 1 aromatic heterocycles. The molecule has 1 aliphatic rings. The van der Waals surface area contributed by atoms with Crippen LogP contribution in [0.4, 0.5) is 8.78 Å². The van der Waals surface area contributed by atoms with Gasteiger partial charge in [-0.2, -0.15) is 8.78 Å². The lowest BCUT2D eigenvalue weighted by molar-refractivity contribution is -0.126. The highest BCUT2D eigenvalue weighted by Gasteiger charge is 2.29. The Hall–Kier alpha value is -1.54. The summed E-state index contributed by atoms with van der Waals surface area (Å²) in [6, 6.07) is -0.360. The molecule has 0 bridgehead atoms. The monoisotopic (exact) mass is 273 g/mol. The van der Waals surface area contributed by atoms with Gasteiger partial charge >= 0.3 is 6.55 Å². The van der Waals surface area contributed by atoms with Crippen molar-refractivity contribution in [3.05, 3.63) is 18.2 Å². The number of likely N-dealkylation sites (N-methyl/N-ethyl adjacent to an activating group) is 1. The highest BCUT2D eigenvalue weighted by atomic mass is 19.3. The van der Waals surface area contributed by atoms with Gasteiger partial charge in [0.2, 0.25) is 5.91 Å². The number of imidazole rings is 1. The minimum atomic E-state index is -2.61. The molecule has 106 valence electrons. The summed E-state index contributed by atoms with van der Waals surface area (Å²) >= 11 is 0. The van der Waals surface area contributed by atoms with E-state index in [1.165, 1.54) is 12.4 Å². The van der Waals surface area contributed by atoms with E-state index in [1.807, 2.05) is 4.90 Å². The highest BCUT2D eigenvalue weighted by molar-refractivity contribution is 5.81. The zero-order chi connectivity index (χ0) is 13.8. The van der Waals surface area contributed by atoms with Crippen LogP contribution in [0, 0.1) is 0 Å². The molecule has 19 heavy (non-hydrogen) atoms. The van der Waals surface area contributed by atoms with Crippen LogP contribution in [0.1, 0.15) is 12.4 Å². The topological polar surface area (TPSA) is 62.2 Å². The van der Waals surface area contributed by atoms with E-state index in [1.54, 1.807) is 7.05 Å². The minimum Gasteiger partial charge on any atom is -0.358 e. The molecule has 1 saturated heterocycles. The Kier molecular flexibility index (Phi) is 4.43. The molecule has 0 saturated carbocycles. The first kappa shape index (κ1) is 13.9. The molecule has 6 nitrogen and oxygen atoms in total. The van der Waals surface area contributed by atoms with Crippen LogP contribution in [0.3, 0.4) is 0 Å². The zero-order valence-corrected chi connectivity index (χ0v) is 10.6. The second kappa shape index (κ2) is 6.07. The third-order valence-electron chi connectivity index (χ3n) is 3.21. The van der Waals surface area contributed by atoms with Gasteiger partial charge in [-0.15, -0.1) is 0 Å². The maximum absolute atomic E-state index is 12.7. The van der Waals surface area contributed by atoms with E-state index < -0.39 is 6.55 Å². The van der Waals surface area contributed by atoms with Crippen molar-refractivity contribution in [3.63, 3.8) is 0 Å². The van der Waals surface area contributed by atoms with E-state index in [2.05, 4.69) is 15.6 Å². The average Bonchev–Trinajstić information content (AvgIpc) is 2.87. The summed E-state index contributed by atoms with van der Waals surface area (Å²) in [4.78, 5) is 17.6. The molecule has 8 heteroatoms. The molecule has 1 aromatic rings. The number of rotatable bonds is 4. The fourth-order valence-electron chi connectivity index (χ4n) is 2.19. The first-order valence-electron chi connectivity index (χ1n) is 6.09. The standard InChI is InChI=1S/C11H17F2N5O/c1-14-10(19)8-6-15-2-4-17(8)7-9-16-3-5-18(9)11(12)13/h3,5,8,11,15H,2,4,6-7H2,1H3,(H,14,19). The van der Waals surface area contributed by atoms with Crippen LogP contribution in [0.15, 0.2) is 12.4 Å². The minimum absolute atomic E-state index is 0.123. The fourth-order valence-corrected chi connectivity index (χ4v) is 2.19. The molecule has 2 N–H and O–H groups in total. The average molecular weight is 273 g/mol. The van der Waals surface area contributed by atoms with E-state index in [-0.39, 0.29) is 24.3 Å². The van der Waals surface area contributed by atoms with Crippen molar-refractivity contribution >= 4 is 5.91 Å². The molecule has 2 rings (SSSR count). The Morgan fingerprint density at radius 1 is 1.68 bits per heavy atom. The van der Waals surface area contributed by atoms with Crippen molar-refractivity contribution in [2.24, 2.45) is 0 Å². The molecule has 0 aliphatic carbocycles. The number of carbonyl (C=O) groups is 1. The molecule has 1 atom stereocenters. The quantitative estimate of drug-likeness (QED) is 0.797. The maximum atomic E-state index is 12.7. The van der Waals surface area contributed by atoms with Crippen LogP contribution in [0.25, 0.3) is 0 Å². The molecule has 0 aromatic carbocycles. The lowest BCUT2D eigenvalue weighted by Gasteiger charge is -2.34. The van der Waals surface area contributed by atoms with Crippen LogP contribution in [0.2, 0.25) is 0 Å². The summed E-state index contributed by atoms with van der Waals surface area (Å²) in [5.41, 5.74) is 0. The van der Waals surface area contributed by atoms with Gasteiger partial charge in [0.25, 0.3) is 0 Å². The molecule has 1 amide bonds. The van der Waals surface area contributed by atoms with Gasteiger partial charge in [0.05, 0.1) is 6.54 Å². The van der Waals surface area contributed by atoms with Crippen molar-refractivity contribution in [1.29, 1.82) is 0 Å². The second-order valence-corrected chi connectivity index (χ2v) is 4.33. The molecule has 2 heterocycles. The Bertz CT molecular complexity index is 436. The van der Waals surface area contributed by atoms with E-state index in [0.29, 0.717) is 13.1 Å². The Balaban J connectivity index is 2.11. The van der Waals surface area contributed by atoms with Crippen LogP contribution < -0.4 is 10.6 Å². The molecular formula is C11H17F2N5O. The van der Waals surface area contributed by atoms with E-state index >= 15 is 0 Å². The SMILES string of the molecule is CNC(=O)C1CNCCN1Cc1nccn1C(F)F. The van der Waals surface area contributed by atoms with E-state index in [0.717, 1.165) is 11.1 Å².